The normalized spacial score (nSPS) is 13.8. The van der Waals surface area contributed by atoms with E-state index in [0.717, 1.165) is 16.1 Å². The Bertz CT molecular complexity index is 2340. The standard InChI is InChI=1S/C25H33Cl2N3O6.C25H34N2O6S/c1-15(2)6-20(22(31)32)29-21(23(33)35-14-36-24(34)25(3,4)5)10-19-11-28-13-30(19)12-16-7-17(26)9-18(27)8-16;1-15(2)12-20(23(30)32-16(3)33-24(31)25(4,5)6)27-19(22(28)29)13-18-14-34-21(26-18)17-10-8-7-9-11-17/h7-9,11,13,15,20-21,29H,6,10,12,14H2,1-5H3,(H,31,32);7-11,14-16,19-20,27H,12-13H2,1-6H3,(H,28,29)/t20-,21-;16?,19-,20-/m00/s1. The molecule has 4 N–H and O–H groups in total. The summed E-state index contributed by atoms with van der Waals surface area (Å²) in [5.41, 5.74) is 1.56. The molecule has 2 heterocycles. The molecule has 0 aliphatic carbocycles. The summed E-state index contributed by atoms with van der Waals surface area (Å²) in [6, 6.07) is 10.9. The van der Waals surface area contributed by atoms with Crippen LogP contribution in [0.15, 0.2) is 66.4 Å². The molecule has 384 valence electrons. The molecule has 0 spiro atoms. The number of carboxylic acid groups (broad SMARTS) is 2. The van der Waals surface area contributed by atoms with Crippen LogP contribution in [-0.2, 0) is 67.1 Å². The molecule has 2 aromatic carbocycles. The fraction of sp³-hybridized carbons (Fsp3) is 0.520. The van der Waals surface area contributed by atoms with Crippen molar-refractivity contribution in [2.24, 2.45) is 22.7 Å². The van der Waals surface area contributed by atoms with Gasteiger partial charge in [0.1, 0.15) is 29.2 Å². The number of nitrogens with zero attached hydrogens (tertiary/aromatic N) is 3. The molecule has 0 fully saturated rings. The topological polar surface area (TPSA) is 235 Å². The lowest BCUT2D eigenvalue weighted by Crippen LogP contribution is -2.50. The van der Waals surface area contributed by atoms with E-state index in [1.165, 1.54) is 18.3 Å². The van der Waals surface area contributed by atoms with E-state index in [4.69, 9.17) is 42.1 Å². The summed E-state index contributed by atoms with van der Waals surface area (Å²) in [6.45, 7) is 19.0. The van der Waals surface area contributed by atoms with Crippen molar-refractivity contribution in [2.75, 3.05) is 6.79 Å². The average molecular weight is 1030 g/mol. The summed E-state index contributed by atoms with van der Waals surface area (Å²) in [7, 11) is 0. The first kappa shape index (κ1) is 58.9. The van der Waals surface area contributed by atoms with Crippen molar-refractivity contribution in [1.82, 2.24) is 25.2 Å². The number of hydrogen-bond donors (Lipinski definition) is 4. The Balaban J connectivity index is 0.000000371. The average Bonchev–Trinajstić information content (AvgIpc) is 3.90. The highest BCUT2D eigenvalue weighted by Gasteiger charge is 2.33. The second-order valence-electron chi connectivity index (χ2n) is 19.6. The predicted molar refractivity (Wildman–Crippen MR) is 266 cm³/mol. The van der Waals surface area contributed by atoms with Crippen LogP contribution in [0.1, 0.15) is 106 Å². The third kappa shape index (κ3) is 20.5. The molecule has 0 aliphatic heterocycles. The lowest BCUT2D eigenvalue weighted by Gasteiger charge is -2.26. The number of ether oxygens (including phenoxy) is 4. The number of carbonyl (C=O) groups is 6. The van der Waals surface area contributed by atoms with Gasteiger partial charge in [-0.15, -0.1) is 11.3 Å². The van der Waals surface area contributed by atoms with Crippen molar-refractivity contribution in [3.63, 3.8) is 0 Å². The van der Waals surface area contributed by atoms with E-state index in [0.29, 0.717) is 40.8 Å². The zero-order valence-electron chi connectivity index (χ0n) is 41.6. The van der Waals surface area contributed by atoms with Gasteiger partial charge in [-0.1, -0.05) is 81.2 Å². The fourth-order valence-electron chi connectivity index (χ4n) is 6.48. The van der Waals surface area contributed by atoms with Gasteiger partial charge in [-0.2, -0.15) is 0 Å². The molecule has 4 aromatic rings. The first-order chi connectivity index (χ1) is 32.6. The molecule has 5 atom stereocenters. The Labute approximate surface area is 424 Å². The SMILES string of the molecule is CC(C)C[C@H](N[C@@H](Cc1cncn1Cc1cc(Cl)cc(Cl)c1)C(=O)OCOC(=O)C(C)(C)C)C(=O)O.CC(C)C[C@H](N[C@@H](Cc1csc(-c2ccccc2)n1)C(=O)O)C(=O)OC(C)OC(=O)C(C)(C)C. The van der Waals surface area contributed by atoms with E-state index < -0.39 is 83.9 Å². The van der Waals surface area contributed by atoms with Gasteiger partial charge in [0.2, 0.25) is 13.1 Å². The summed E-state index contributed by atoms with van der Waals surface area (Å²) >= 11 is 13.7. The maximum atomic E-state index is 13.0. The van der Waals surface area contributed by atoms with E-state index in [2.05, 4.69) is 20.6 Å². The fourth-order valence-corrected chi connectivity index (χ4v) is 7.89. The number of carboxylic acids is 2. The molecule has 2 aromatic heterocycles. The first-order valence-electron chi connectivity index (χ1n) is 22.8. The second kappa shape index (κ2) is 27.3. The van der Waals surface area contributed by atoms with Gasteiger partial charge in [0, 0.05) is 59.2 Å². The molecule has 0 bridgehead atoms. The molecule has 70 heavy (non-hydrogen) atoms. The molecule has 0 saturated heterocycles. The van der Waals surface area contributed by atoms with Crippen LogP contribution in [-0.4, -0.2) is 97.8 Å². The number of esters is 4. The van der Waals surface area contributed by atoms with Crippen molar-refractivity contribution in [1.29, 1.82) is 0 Å². The molecule has 0 radical (unpaired) electrons. The van der Waals surface area contributed by atoms with E-state index in [1.54, 1.807) is 72.3 Å². The zero-order chi connectivity index (χ0) is 52.5. The Morgan fingerprint density at radius 1 is 0.714 bits per heavy atom. The number of nitrogens with one attached hydrogen (secondary N) is 2. The monoisotopic (exact) mass is 1030 g/mol. The van der Waals surface area contributed by atoms with Gasteiger partial charge in [-0.05, 0) is 90.0 Å². The summed E-state index contributed by atoms with van der Waals surface area (Å²) in [6.07, 6.45) is 2.95. The van der Waals surface area contributed by atoms with E-state index in [-0.39, 0.29) is 24.7 Å². The van der Waals surface area contributed by atoms with Crippen LogP contribution in [0.3, 0.4) is 0 Å². The van der Waals surface area contributed by atoms with E-state index in [9.17, 15) is 39.0 Å². The Morgan fingerprint density at radius 2 is 1.29 bits per heavy atom. The Hall–Kier alpha value is -5.40. The third-order valence-electron chi connectivity index (χ3n) is 10.0. The van der Waals surface area contributed by atoms with Crippen molar-refractivity contribution >= 4 is 70.4 Å². The van der Waals surface area contributed by atoms with Crippen LogP contribution >= 0.6 is 34.5 Å². The summed E-state index contributed by atoms with van der Waals surface area (Å²) in [5, 5.41) is 28.9. The minimum Gasteiger partial charge on any atom is -0.480 e. The van der Waals surface area contributed by atoms with Crippen molar-refractivity contribution in [3.05, 3.63) is 93.4 Å². The molecule has 0 aliphatic rings. The quantitative estimate of drug-likeness (QED) is 0.0402. The van der Waals surface area contributed by atoms with Gasteiger partial charge < -0.3 is 33.7 Å². The highest BCUT2D eigenvalue weighted by Crippen LogP contribution is 2.25. The number of imidazole rings is 1. The van der Waals surface area contributed by atoms with E-state index in [1.807, 2.05) is 68.0 Å². The molecule has 0 saturated carbocycles. The number of halogens is 2. The number of carbonyl (C=O) groups excluding carboxylic acids is 4. The molecule has 17 nitrogen and oxygen atoms in total. The summed E-state index contributed by atoms with van der Waals surface area (Å²) < 4.78 is 22.6. The second-order valence-corrected chi connectivity index (χ2v) is 21.3. The van der Waals surface area contributed by atoms with Gasteiger partial charge >= 0.3 is 35.8 Å². The maximum Gasteiger partial charge on any atom is 0.326 e. The smallest absolute Gasteiger partial charge is 0.326 e. The Kier molecular flexibility index (Phi) is 23.0. The lowest BCUT2D eigenvalue weighted by molar-refractivity contribution is -0.192. The number of thiazole rings is 1. The van der Waals surface area contributed by atoms with Crippen LogP contribution < -0.4 is 10.6 Å². The number of aliphatic carboxylic acids is 2. The first-order valence-corrected chi connectivity index (χ1v) is 24.4. The predicted octanol–water partition coefficient (Wildman–Crippen LogP) is 8.62. The van der Waals surface area contributed by atoms with Gasteiger partial charge in [0.05, 0.1) is 22.9 Å². The molecule has 0 amide bonds. The largest absolute Gasteiger partial charge is 0.480 e. The lowest BCUT2D eigenvalue weighted by atomic mass is 9.97. The molecular weight excluding hydrogens is 966 g/mol. The van der Waals surface area contributed by atoms with Crippen LogP contribution in [0.5, 0.6) is 0 Å². The maximum absolute atomic E-state index is 13.0. The third-order valence-corrected chi connectivity index (χ3v) is 11.4. The van der Waals surface area contributed by atoms with Gasteiger partial charge in [-0.3, -0.25) is 39.4 Å². The van der Waals surface area contributed by atoms with Gasteiger partial charge in [0.25, 0.3) is 0 Å². The molecule has 1 unspecified atom stereocenters. The minimum absolute atomic E-state index is 0.0705. The zero-order valence-corrected chi connectivity index (χ0v) is 43.9. The summed E-state index contributed by atoms with van der Waals surface area (Å²) in [4.78, 5) is 82.5. The van der Waals surface area contributed by atoms with E-state index >= 15 is 0 Å². The van der Waals surface area contributed by atoms with Crippen molar-refractivity contribution < 1.29 is 57.9 Å². The number of hydrogen-bond acceptors (Lipinski definition) is 15. The van der Waals surface area contributed by atoms with Crippen molar-refractivity contribution in [2.45, 2.75) is 139 Å². The number of aromatic nitrogens is 3. The minimum atomic E-state index is -1.09. The van der Waals surface area contributed by atoms with Crippen LogP contribution in [0.2, 0.25) is 10.0 Å². The number of benzene rings is 2. The molecular formula is C50H67Cl2N5O12S. The molecule has 20 heteroatoms. The molecule has 4 rings (SSSR count). The highest BCUT2D eigenvalue weighted by molar-refractivity contribution is 7.13. The van der Waals surface area contributed by atoms with Gasteiger partial charge in [-0.25, -0.2) is 9.97 Å². The number of rotatable bonds is 23. The highest BCUT2D eigenvalue weighted by atomic mass is 35.5. The van der Waals surface area contributed by atoms with Gasteiger partial charge in [0.15, 0.2) is 0 Å². The van der Waals surface area contributed by atoms with Crippen molar-refractivity contribution in [3.8, 4) is 10.6 Å². The van der Waals surface area contributed by atoms with Crippen LogP contribution in [0.25, 0.3) is 10.6 Å². The Morgan fingerprint density at radius 3 is 1.84 bits per heavy atom. The van der Waals surface area contributed by atoms with Crippen LogP contribution in [0, 0.1) is 22.7 Å². The van der Waals surface area contributed by atoms with Crippen LogP contribution in [0.4, 0.5) is 0 Å². The summed E-state index contributed by atoms with van der Waals surface area (Å²) in [5.74, 6) is -4.45.